The van der Waals surface area contributed by atoms with Gasteiger partial charge in [0.1, 0.15) is 5.54 Å². The van der Waals surface area contributed by atoms with Crippen LogP contribution in [0.15, 0.2) is 30.3 Å². The van der Waals surface area contributed by atoms with E-state index in [0.29, 0.717) is 18.1 Å². The standard InChI is InChI=1S/C16H24N2O2/c17-15(19)16(18,14-9-5-2-6-10-14)12-20-11-13-7-3-1-4-8-13/h2,5-6,9-10,13H,1,3-4,7-8,11-12,18H2,(H2,17,19). The zero-order valence-electron chi connectivity index (χ0n) is 11.9. The van der Waals surface area contributed by atoms with Gasteiger partial charge in [0.15, 0.2) is 0 Å². The third kappa shape index (κ3) is 3.58. The summed E-state index contributed by atoms with van der Waals surface area (Å²) in [5, 5.41) is 0. The number of ether oxygens (including phenoxy) is 1. The van der Waals surface area contributed by atoms with Crippen molar-refractivity contribution in [2.45, 2.75) is 37.6 Å². The van der Waals surface area contributed by atoms with E-state index in [2.05, 4.69) is 0 Å². The number of carbonyl (C=O) groups excluding carboxylic acids is 1. The Kier molecular flexibility index (Phi) is 5.15. The molecule has 1 aromatic rings. The van der Waals surface area contributed by atoms with Crippen molar-refractivity contribution in [2.24, 2.45) is 17.4 Å². The maximum atomic E-state index is 11.7. The molecule has 20 heavy (non-hydrogen) atoms. The van der Waals surface area contributed by atoms with Gasteiger partial charge in [-0.25, -0.2) is 0 Å². The lowest BCUT2D eigenvalue weighted by Crippen LogP contribution is -2.52. The van der Waals surface area contributed by atoms with Crippen LogP contribution in [0.25, 0.3) is 0 Å². The van der Waals surface area contributed by atoms with Gasteiger partial charge in [0.05, 0.1) is 6.61 Å². The van der Waals surface area contributed by atoms with Crippen molar-refractivity contribution in [3.8, 4) is 0 Å². The van der Waals surface area contributed by atoms with E-state index in [1.807, 2.05) is 30.3 Å². The van der Waals surface area contributed by atoms with Crippen LogP contribution in [0.5, 0.6) is 0 Å². The zero-order chi connectivity index (χ0) is 14.4. The second-order valence-electron chi connectivity index (χ2n) is 5.72. The van der Waals surface area contributed by atoms with E-state index in [-0.39, 0.29) is 6.61 Å². The van der Waals surface area contributed by atoms with Crippen LogP contribution in [-0.4, -0.2) is 19.1 Å². The summed E-state index contributed by atoms with van der Waals surface area (Å²) in [5.74, 6) is 0.0454. The lowest BCUT2D eigenvalue weighted by atomic mass is 9.89. The molecule has 1 saturated carbocycles. The Labute approximate surface area is 120 Å². The van der Waals surface area contributed by atoms with Gasteiger partial charge >= 0.3 is 0 Å². The van der Waals surface area contributed by atoms with Crippen molar-refractivity contribution < 1.29 is 9.53 Å². The van der Waals surface area contributed by atoms with Crippen LogP contribution < -0.4 is 11.5 Å². The Bertz CT molecular complexity index is 429. The quantitative estimate of drug-likeness (QED) is 0.833. The summed E-state index contributed by atoms with van der Waals surface area (Å²) in [4.78, 5) is 11.7. The van der Waals surface area contributed by atoms with Gasteiger partial charge in [0.2, 0.25) is 5.91 Å². The third-order valence-corrected chi connectivity index (χ3v) is 4.14. The lowest BCUT2D eigenvalue weighted by molar-refractivity contribution is -0.126. The number of rotatable bonds is 6. The van der Waals surface area contributed by atoms with Gasteiger partial charge in [-0.3, -0.25) is 4.79 Å². The highest BCUT2D eigenvalue weighted by Crippen LogP contribution is 2.25. The summed E-state index contributed by atoms with van der Waals surface area (Å²) in [6, 6.07) is 9.21. The summed E-state index contributed by atoms with van der Waals surface area (Å²) >= 11 is 0. The Morgan fingerprint density at radius 1 is 1.20 bits per heavy atom. The molecule has 0 radical (unpaired) electrons. The Morgan fingerprint density at radius 2 is 1.85 bits per heavy atom. The smallest absolute Gasteiger partial charge is 0.244 e. The first-order chi connectivity index (χ1) is 9.63. The van der Waals surface area contributed by atoms with Crippen molar-refractivity contribution in [2.75, 3.05) is 13.2 Å². The predicted octanol–water partition coefficient (Wildman–Crippen LogP) is 1.92. The van der Waals surface area contributed by atoms with Crippen molar-refractivity contribution in [1.82, 2.24) is 0 Å². The van der Waals surface area contributed by atoms with Crippen LogP contribution in [0.3, 0.4) is 0 Å². The highest BCUT2D eigenvalue weighted by molar-refractivity contribution is 5.86. The third-order valence-electron chi connectivity index (χ3n) is 4.14. The molecule has 1 fully saturated rings. The van der Waals surface area contributed by atoms with E-state index in [9.17, 15) is 4.79 Å². The molecule has 1 aliphatic carbocycles. The van der Waals surface area contributed by atoms with Crippen LogP contribution >= 0.6 is 0 Å². The van der Waals surface area contributed by atoms with E-state index < -0.39 is 11.4 Å². The Hall–Kier alpha value is -1.39. The fourth-order valence-corrected chi connectivity index (χ4v) is 2.77. The molecule has 0 spiro atoms. The average Bonchev–Trinajstić information content (AvgIpc) is 2.49. The van der Waals surface area contributed by atoms with Crippen molar-refractivity contribution in [1.29, 1.82) is 0 Å². The first-order valence-electron chi connectivity index (χ1n) is 7.35. The van der Waals surface area contributed by atoms with Gasteiger partial charge in [-0.15, -0.1) is 0 Å². The zero-order valence-corrected chi connectivity index (χ0v) is 11.9. The first kappa shape index (κ1) is 15.0. The Morgan fingerprint density at radius 3 is 2.45 bits per heavy atom. The highest BCUT2D eigenvalue weighted by Gasteiger charge is 2.34. The maximum Gasteiger partial charge on any atom is 0.244 e. The first-order valence-corrected chi connectivity index (χ1v) is 7.35. The number of nitrogens with two attached hydrogens (primary N) is 2. The molecule has 1 unspecified atom stereocenters. The molecule has 1 aromatic carbocycles. The SMILES string of the molecule is NC(=O)C(N)(COCC1CCCCC1)c1ccccc1. The van der Waals surface area contributed by atoms with Gasteiger partial charge in [0.25, 0.3) is 0 Å². The van der Waals surface area contributed by atoms with Crippen molar-refractivity contribution in [3.63, 3.8) is 0 Å². The van der Waals surface area contributed by atoms with E-state index in [0.717, 1.165) is 0 Å². The average molecular weight is 276 g/mol. The predicted molar refractivity (Wildman–Crippen MR) is 78.9 cm³/mol. The van der Waals surface area contributed by atoms with Gasteiger partial charge < -0.3 is 16.2 Å². The second kappa shape index (κ2) is 6.86. The summed E-state index contributed by atoms with van der Waals surface area (Å²) in [6.45, 7) is 0.807. The molecule has 0 aliphatic heterocycles. The molecular weight excluding hydrogens is 252 g/mol. The molecule has 110 valence electrons. The van der Waals surface area contributed by atoms with Crippen LogP contribution in [0, 0.1) is 5.92 Å². The Balaban J connectivity index is 1.94. The summed E-state index contributed by atoms with van der Waals surface area (Å²) in [6.07, 6.45) is 6.29. The van der Waals surface area contributed by atoms with E-state index >= 15 is 0 Å². The minimum absolute atomic E-state index is 0.142. The van der Waals surface area contributed by atoms with Gasteiger partial charge in [-0.1, -0.05) is 49.6 Å². The van der Waals surface area contributed by atoms with Crippen LogP contribution in [0.4, 0.5) is 0 Å². The largest absolute Gasteiger partial charge is 0.378 e. The van der Waals surface area contributed by atoms with Crippen molar-refractivity contribution >= 4 is 5.91 Å². The van der Waals surface area contributed by atoms with Gasteiger partial charge in [0, 0.05) is 6.61 Å². The molecule has 1 amide bonds. The molecule has 0 saturated heterocycles. The molecule has 2 rings (SSSR count). The number of carbonyl (C=O) groups is 1. The minimum Gasteiger partial charge on any atom is -0.378 e. The minimum atomic E-state index is -1.24. The molecule has 0 heterocycles. The molecule has 0 aromatic heterocycles. The highest BCUT2D eigenvalue weighted by atomic mass is 16.5. The molecule has 4 N–H and O–H groups in total. The monoisotopic (exact) mass is 276 g/mol. The van der Waals surface area contributed by atoms with Crippen LogP contribution in [-0.2, 0) is 15.1 Å². The summed E-state index contributed by atoms with van der Waals surface area (Å²) in [7, 11) is 0. The van der Waals surface area contributed by atoms with E-state index in [1.165, 1.54) is 32.1 Å². The fraction of sp³-hybridized carbons (Fsp3) is 0.562. The van der Waals surface area contributed by atoms with Gasteiger partial charge in [-0.2, -0.15) is 0 Å². The topological polar surface area (TPSA) is 78.3 Å². The fourth-order valence-electron chi connectivity index (χ4n) is 2.77. The van der Waals surface area contributed by atoms with Gasteiger partial charge in [-0.05, 0) is 24.3 Å². The molecule has 4 heteroatoms. The number of hydrogen-bond acceptors (Lipinski definition) is 3. The van der Waals surface area contributed by atoms with E-state index in [1.54, 1.807) is 0 Å². The molecule has 0 bridgehead atoms. The molecule has 4 nitrogen and oxygen atoms in total. The number of primary amides is 1. The summed E-state index contributed by atoms with van der Waals surface area (Å²) in [5.41, 5.74) is 11.1. The maximum absolute atomic E-state index is 11.7. The molecule has 1 aliphatic rings. The number of benzene rings is 1. The number of hydrogen-bond donors (Lipinski definition) is 2. The van der Waals surface area contributed by atoms with Crippen molar-refractivity contribution in [3.05, 3.63) is 35.9 Å². The normalized spacial score (nSPS) is 19.4. The second-order valence-corrected chi connectivity index (χ2v) is 5.72. The molecular formula is C16H24N2O2. The summed E-state index contributed by atoms with van der Waals surface area (Å²) < 4.78 is 5.73. The molecule has 1 atom stereocenters. The van der Waals surface area contributed by atoms with Crippen LogP contribution in [0.2, 0.25) is 0 Å². The lowest BCUT2D eigenvalue weighted by Gasteiger charge is -2.28. The van der Waals surface area contributed by atoms with E-state index in [4.69, 9.17) is 16.2 Å². The van der Waals surface area contributed by atoms with Crippen LogP contribution in [0.1, 0.15) is 37.7 Å². The number of amides is 1.